The maximum atomic E-state index is 9.13. The van der Waals surface area contributed by atoms with Crippen LogP contribution in [0.15, 0.2) is 0 Å². The average molecular weight is 208 g/mol. The lowest BCUT2D eigenvalue weighted by atomic mass is 10.2. The molecule has 2 aliphatic rings. The number of hydrogen-bond donors (Lipinski definition) is 1. The predicted octanol–water partition coefficient (Wildman–Crippen LogP) is -0.00400. The molecule has 1 aliphatic heterocycles. The van der Waals surface area contributed by atoms with Crippen LogP contribution in [0.3, 0.4) is 0 Å². The van der Waals surface area contributed by atoms with E-state index in [1.54, 1.807) is 0 Å². The predicted molar refractivity (Wildman–Crippen MR) is 53.9 cm³/mol. The summed E-state index contributed by atoms with van der Waals surface area (Å²) in [6, 6.07) is 0. The quantitative estimate of drug-likeness (QED) is 0.759. The second kappa shape index (κ2) is 3.57. The fourth-order valence-electron chi connectivity index (χ4n) is 2.19. The van der Waals surface area contributed by atoms with Gasteiger partial charge in [0.1, 0.15) is 5.69 Å². The van der Waals surface area contributed by atoms with Gasteiger partial charge in [0.05, 0.1) is 18.8 Å². The van der Waals surface area contributed by atoms with E-state index in [9.17, 15) is 0 Å². The number of nitrogens with zero attached hydrogens (tertiary/aromatic N) is 4. The molecule has 0 unspecified atom stereocenters. The van der Waals surface area contributed by atoms with Crippen LogP contribution in [0.1, 0.15) is 24.2 Å². The molecule has 3 rings (SSSR count). The molecule has 0 amide bonds. The van der Waals surface area contributed by atoms with E-state index >= 15 is 0 Å². The number of aliphatic hydroxyl groups is 1. The van der Waals surface area contributed by atoms with E-state index in [1.807, 2.05) is 4.68 Å². The summed E-state index contributed by atoms with van der Waals surface area (Å²) < 4.78 is 1.93. The van der Waals surface area contributed by atoms with Crippen LogP contribution in [0, 0.1) is 5.92 Å². The van der Waals surface area contributed by atoms with E-state index < -0.39 is 0 Å². The van der Waals surface area contributed by atoms with Gasteiger partial charge in [-0.05, 0) is 18.8 Å². The van der Waals surface area contributed by atoms with E-state index in [-0.39, 0.29) is 6.61 Å². The van der Waals surface area contributed by atoms with Crippen LogP contribution in [-0.4, -0.2) is 38.1 Å². The number of hydrogen-bond acceptors (Lipinski definition) is 4. The smallest absolute Gasteiger partial charge is 0.113 e. The highest BCUT2D eigenvalue weighted by Crippen LogP contribution is 2.30. The Labute approximate surface area is 88.7 Å². The molecule has 1 N–H and O–H groups in total. The first-order valence-electron chi connectivity index (χ1n) is 5.61. The molecule has 1 saturated carbocycles. The third kappa shape index (κ3) is 1.77. The summed E-state index contributed by atoms with van der Waals surface area (Å²) in [7, 11) is 0. The van der Waals surface area contributed by atoms with Crippen LogP contribution in [0.25, 0.3) is 0 Å². The zero-order chi connectivity index (χ0) is 10.3. The highest BCUT2D eigenvalue weighted by atomic mass is 16.3. The van der Waals surface area contributed by atoms with Crippen molar-refractivity contribution in [2.75, 3.05) is 13.1 Å². The number of aromatic nitrogens is 3. The van der Waals surface area contributed by atoms with Crippen molar-refractivity contribution < 1.29 is 5.11 Å². The highest BCUT2D eigenvalue weighted by Gasteiger charge is 2.27. The van der Waals surface area contributed by atoms with Crippen LogP contribution in [0.2, 0.25) is 0 Å². The number of fused-ring (bicyclic) bond motifs is 1. The minimum Gasteiger partial charge on any atom is -0.390 e. The first-order chi connectivity index (χ1) is 7.36. The zero-order valence-corrected chi connectivity index (χ0v) is 8.76. The van der Waals surface area contributed by atoms with Gasteiger partial charge in [0.25, 0.3) is 0 Å². The minimum absolute atomic E-state index is 0.00655. The molecule has 1 aliphatic carbocycles. The molecule has 2 heterocycles. The van der Waals surface area contributed by atoms with Crippen molar-refractivity contribution in [3.63, 3.8) is 0 Å². The van der Waals surface area contributed by atoms with Crippen molar-refractivity contribution in [3.8, 4) is 0 Å². The maximum Gasteiger partial charge on any atom is 0.113 e. The summed E-state index contributed by atoms with van der Waals surface area (Å²) in [4.78, 5) is 2.45. The largest absolute Gasteiger partial charge is 0.390 e. The third-order valence-electron chi connectivity index (χ3n) is 3.28. The Morgan fingerprint density at radius 1 is 1.33 bits per heavy atom. The summed E-state index contributed by atoms with van der Waals surface area (Å²) >= 11 is 0. The average Bonchev–Trinajstić information content (AvgIpc) is 2.97. The molecular formula is C10H16N4O. The zero-order valence-electron chi connectivity index (χ0n) is 8.76. The minimum atomic E-state index is 0.00655. The Morgan fingerprint density at radius 3 is 2.93 bits per heavy atom. The fourth-order valence-corrected chi connectivity index (χ4v) is 2.19. The molecule has 0 radical (unpaired) electrons. The Balaban J connectivity index is 1.74. The van der Waals surface area contributed by atoms with Gasteiger partial charge in [0.15, 0.2) is 0 Å². The highest BCUT2D eigenvalue weighted by molar-refractivity contribution is 5.10. The number of aliphatic hydroxyl groups excluding tert-OH is 1. The van der Waals surface area contributed by atoms with E-state index in [1.165, 1.54) is 19.4 Å². The van der Waals surface area contributed by atoms with Crippen molar-refractivity contribution in [1.82, 2.24) is 19.9 Å². The van der Waals surface area contributed by atoms with Crippen LogP contribution in [0.4, 0.5) is 0 Å². The first-order valence-corrected chi connectivity index (χ1v) is 5.61. The third-order valence-corrected chi connectivity index (χ3v) is 3.28. The van der Waals surface area contributed by atoms with E-state index in [4.69, 9.17) is 5.11 Å². The van der Waals surface area contributed by atoms with Gasteiger partial charge >= 0.3 is 0 Å². The molecule has 5 heteroatoms. The molecule has 15 heavy (non-hydrogen) atoms. The molecule has 0 aromatic carbocycles. The van der Waals surface area contributed by atoms with Gasteiger partial charge in [-0.3, -0.25) is 4.90 Å². The molecule has 1 fully saturated rings. The summed E-state index contributed by atoms with van der Waals surface area (Å²) in [6.07, 6.45) is 2.78. The topological polar surface area (TPSA) is 54.2 Å². The Bertz CT molecular complexity index is 345. The van der Waals surface area contributed by atoms with Gasteiger partial charge < -0.3 is 5.11 Å². The fraction of sp³-hybridized carbons (Fsp3) is 0.800. The van der Waals surface area contributed by atoms with Crippen molar-refractivity contribution >= 4 is 0 Å². The molecule has 0 spiro atoms. The first kappa shape index (κ1) is 9.30. The number of rotatable bonds is 3. The van der Waals surface area contributed by atoms with Crippen LogP contribution < -0.4 is 0 Å². The Hall–Kier alpha value is -0.940. The summed E-state index contributed by atoms with van der Waals surface area (Å²) in [5, 5.41) is 17.1. The van der Waals surface area contributed by atoms with Gasteiger partial charge in [-0.25, -0.2) is 4.68 Å². The molecule has 0 saturated heterocycles. The molecule has 1 aromatic heterocycles. The summed E-state index contributed by atoms with van der Waals surface area (Å²) in [5.41, 5.74) is 1.85. The van der Waals surface area contributed by atoms with Crippen molar-refractivity contribution in [1.29, 1.82) is 0 Å². The maximum absolute atomic E-state index is 9.13. The monoisotopic (exact) mass is 208 g/mol. The molecule has 5 nitrogen and oxygen atoms in total. The SMILES string of the molecule is OCc1nnn2c1CN(CC1CC1)CC2. The van der Waals surface area contributed by atoms with E-state index in [0.717, 1.165) is 36.9 Å². The summed E-state index contributed by atoms with van der Waals surface area (Å²) in [5.74, 6) is 0.921. The van der Waals surface area contributed by atoms with E-state index in [0.29, 0.717) is 0 Å². The summed E-state index contributed by atoms with van der Waals surface area (Å²) in [6.45, 7) is 4.09. The standard InChI is InChI=1S/C10H16N4O/c15-7-9-10-6-13(5-8-1-2-8)3-4-14(10)12-11-9/h8,15H,1-7H2. The van der Waals surface area contributed by atoms with Gasteiger partial charge in [-0.1, -0.05) is 5.21 Å². The second-order valence-electron chi connectivity index (χ2n) is 4.54. The van der Waals surface area contributed by atoms with Crippen LogP contribution in [-0.2, 0) is 19.7 Å². The van der Waals surface area contributed by atoms with Gasteiger partial charge in [0.2, 0.25) is 0 Å². The van der Waals surface area contributed by atoms with E-state index in [2.05, 4.69) is 15.2 Å². The van der Waals surface area contributed by atoms with Crippen molar-refractivity contribution in [2.45, 2.75) is 32.5 Å². The van der Waals surface area contributed by atoms with Crippen LogP contribution in [0.5, 0.6) is 0 Å². The van der Waals surface area contributed by atoms with Gasteiger partial charge in [-0.15, -0.1) is 5.10 Å². The molecule has 0 atom stereocenters. The molecule has 82 valence electrons. The van der Waals surface area contributed by atoms with Crippen molar-refractivity contribution in [3.05, 3.63) is 11.4 Å². The van der Waals surface area contributed by atoms with Gasteiger partial charge in [0, 0.05) is 19.6 Å². The molecule has 0 bridgehead atoms. The normalized spacial score (nSPS) is 21.7. The lowest BCUT2D eigenvalue weighted by Gasteiger charge is -2.27. The molecular weight excluding hydrogens is 192 g/mol. The molecule has 1 aromatic rings. The lowest BCUT2D eigenvalue weighted by molar-refractivity contribution is 0.200. The van der Waals surface area contributed by atoms with Gasteiger partial charge in [-0.2, -0.15) is 0 Å². The lowest BCUT2D eigenvalue weighted by Crippen LogP contribution is -2.35. The van der Waals surface area contributed by atoms with Crippen molar-refractivity contribution in [2.24, 2.45) is 5.92 Å². The Kier molecular flexibility index (Phi) is 2.21. The Morgan fingerprint density at radius 2 is 2.20 bits per heavy atom. The van der Waals surface area contributed by atoms with Crippen LogP contribution >= 0.6 is 0 Å². The second-order valence-corrected chi connectivity index (χ2v) is 4.54.